The van der Waals surface area contributed by atoms with Crippen molar-refractivity contribution in [2.24, 2.45) is 5.92 Å². The fraction of sp³-hybridized carbons (Fsp3) is 0.667. The van der Waals surface area contributed by atoms with Gasteiger partial charge in [-0.05, 0) is 6.08 Å². The lowest BCUT2D eigenvalue weighted by Gasteiger charge is -2.15. The SMILES string of the molecule is C=CC(OCCOCCBr)=C(OC)C(C)C. The monoisotopic (exact) mass is 292 g/mol. The molecule has 0 amide bonds. The van der Waals surface area contributed by atoms with Crippen LogP contribution >= 0.6 is 15.9 Å². The highest BCUT2D eigenvalue weighted by Crippen LogP contribution is 2.17. The summed E-state index contributed by atoms with van der Waals surface area (Å²) in [5.41, 5.74) is 0. The lowest BCUT2D eigenvalue weighted by molar-refractivity contribution is 0.0807. The molecule has 0 spiro atoms. The highest BCUT2D eigenvalue weighted by molar-refractivity contribution is 9.09. The van der Waals surface area contributed by atoms with Gasteiger partial charge >= 0.3 is 0 Å². The van der Waals surface area contributed by atoms with E-state index in [-0.39, 0.29) is 5.92 Å². The number of hydrogen-bond acceptors (Lipinski definition) is 3. The van der Waals surface area contributed by atoms with Gasteiger partial charge in [0.1, 0.15) is 12.4 Å². The van der Waals surface area contributed by atoms with Crippen LogP contribution in [0, 0.1) is 5.92 Å². The first-order valence-electron chi connectivity index (χ1n) is 5.34. The van der Waals surface area contributed by atoms with Crippen molar-refractivity contribution in [2.75, 3.05) is 32.3 Å². The van der Waals surface area contributed by atoms with E-state index in [2.05, 4.69) is 22.5 Å². The summed E-state index contributed by atoms with van der Waals surface area (Å²) in [6.45, 7) is 9.58. The maximum atomic E-state index is 5.55. The number of rotatable bonds is 9. The molecule has 0 heterocycles. The van der Waals surface area contributed by atoms with Crippen LogP contribution in [0.3, 0.4) is 0 Å². The van der Waals surface area contributed by atoms with Gasteiger partial charge in [-0.25, -0.2) is 0 Å². The molecule has 0 aromatic rings. The molecule has 0 saturated carbocycles. The minimum Gasteiger partial charge on any atom is -0.497 e. The molecule has 0 aromatic carbocycles. The van der Waals surface area contributed by atoms with Gasteiger partial charge in [-0.3, -0.25) is 0 Å². The summed E-state index contributed by atoms with van der Waals surface area (Å²) < 4.78 is 16.1. The van der Waals surface area contributed by atoms with Crippen molar-refractivity contribution in [1.29, 1.82) is 0 Å². The van der Waals surface area contributed by atoms with Crippen LogP contribution in [0.25, 0.3) is 0 Å². The van der Waals surface area contributed by atoms with Crippen LogP contribution in [0.4, 0.5) is 0 Å². The summed E-state index contributed by atoms with van der Waals surface area (Å²) >= 11 is 3.29. The van der Waals surface area contributed by atoms with Crippen LogP contribution in [-0.4, -0.2) is 32.3 Å². The van der Waals surface area contributed by atoms with E-state index in [1.54, 1.807) is 13.2 Å². The van der Waals surface area contributed by atoms with E-state index < -0.39 is 0 Å². The summed E-state index contributed by atoms with van der Waals surface area (Å²) in [4.78, 5) is 0. The Morgan fingerprint density at radius 2 is 2.00 bits per heavy atom. The molecular formula is C12H21BrO3. The summed E-state index contributed by atoms with van der Waals surface area (Å²) in [5.74, 6) is 1.79. The Kier molecular flexibility index (Phi) is 9.43. The van der Waals surface area contributed by atoms with Crippen LogP contribution in [0.5, 0.6) is 0 Å². The lowest BCUT2D eigenvalue weighted by Crippen LogP contribution is -2.08. The Balaban J connectivity index is 4.12. The van der Waals surface area contributed by atoms with Crippen LogP contribution in [-0.2, 0) is 14.2 Å². The van der Waals surface area contributed by atoms with Crippen molar-refractivity contribution < 1.29 is 14.2 Å². The number of halogens is 1. The van der Waals surface area contributed by atoms with E-state index >= 15 is 0 Å². The molecule has 0 aromatic heterocycles. The molecule has 0 aliphatic rings. The number of alkyl halides is 1. The van der Waals surface area contributed by atoms with E-state index in [4.69, 9.17) is 14.2 Å². The van der Waals surface area contributed by atoms with Gasteiger partial charge in [0.2, 0.25) is 0 Å². The molecule has 4 heteroatoms. The summed E-state index contributed by atoms with van der Waals surface area (Å²) in [7, 11) is 1.64. The van der Waals surface area contributed by atoms with Crippen LogP contribution in [0.15, 0.2) is 24.2 Å². The van der Waals surface area contributed by atoms with E-state index in [1.807, 2.05) is 13.8 Å². The molecule has 0 radical (unpaired) electrons. The Labute approximate surface area is 107 Å². The highest BCUT2D eigenvalue weighted by Gasteiger charge is 2.10. The Bertz CT molecular complexity index is 224. The highest BCUT2D eigenvalue weighted by atomic mass is 79.9. The normalized spacial score (nSPS) is 12.3. The van der Waals surface area contributed by atoms with Gasteiger partial charge < -0.3 is 14.2 Å². The first kappa shape index (κ1) is 15.5. The molecule has 0 N–H and O–H groups in total. The standard InChI is InChI=1S/C12H21BrO3/c1-5-11(12(14-4)10(2)3)16-9-8-15-7-6-13/h5,10H,1,6-9H2,2-4H3. The molecule has 0 rings (SSSR count). The van der Waals surface area contributed by atoms with E-state index in [1.165, 1.54) is 0 Å². The van der Waals surface area contributed by atoms with Crippen molar-refractivity contribution >= 4 is 15.9 Å². The topological polar surface area (TPSA) is 27.7 Å². The lowest BCUT2D eigenvalue weighted by atomic mass is 10.1. The first-order chi connectivity index (χ1) is 7.67. The van der Waals surface area contributed by atoms with Crippen molar-refractivity contribution in [3.05, 3.63) is 24.2 Å². The third-order valence-electron chi connectivity index (χ3n) is 1.88. The minimum atomic E-state index is 0.279. The summed E-state index contributed by atoms with van der Waals surface area (Å²) in [5, 5.41) is 0.840. The van der Waals surface area contributed by atoms with Gasteiger partial charge in [-0.1, -0.05) is 36.4 Å². The molecule has 0 fully saturated rings. The van der Waals surface area contributed by atoms with Crippen molar-refractivity contribution in [3.8, 4) is 0 Å². The molecule has 94 valence electrons. The minimum absolute atomic E-state index is 0.279. The predicted molar refractivity (Wildman–Crippen MR) is 69.6 cm³/mol. The van der Waals surface area contributed by atoms with Crippen molar-refractivity contribution in [3.63, 3.8) is 0 Å². The quantitative estimate of drug-likeness (QED) is 0.283. The second kappa shape index (κ2) is 9.73. The van der Waals surface area contributed by atoms with E-state index in [0.717, 1.165) is 11.1 Å². The number of allylic oxidation sites excluding steroid dienone is 2. The zero-order valence-electron chi connectivity index (χ0n) is 10.3. The molecule has 0 unspecified atom stereocenters. The zero-order valence-corrected chi connectivity index (χ0v) is 11.9. The Morgan fingerprint density at radius 1 is 1.31 bits per heavy atom. The largest absolute Gasteiger partial charge is 0.497 e. The van der Waals surface area contributed by atoms with E-state index in [9.17, 15) is 0 Å². The molecule has 0 aliphatic heterocycles. The third kappa shape index (κ3) is 6.18. The molecule has 0 saturated heterocycles. The third-order valence-corrected chi connectivity index (χ3v) is 2.20. The molecule has 0 bridgehead atoms. The van der Waals surface area contributed by atoms with Crippen molar-refractivity contribution in [1.82, 2.24) is 0 Å². The Hall–Kier alpha value is -0.480. The van der Waals surface area contributed by atoms with Crippen LogP contribution in [0.2, 0.25) is 0 Å². The first-order valence-corrected chi connectivity index (χ1v) is 6.46. The fourth-order valence-electron chi connectivity index (χ4n) is 1.22. The molecular weight excluding hydrogens is 272 g/mol. The van der Waals surface area contributed by atoms with E-state index in [0.29, 0.717) is 25.6 Å². The van der Waals surface area contributed by atoms with Gasteiger partial charge in [-0.2, -0.15) is 0 Å². The number of hydrogen-bond donors (Lipinski definition) is 0. The zero-order chi connectivity index (χ0) is 12.4. The van der Waals surface area contributed by atoms with Gasteiger partial charge in [0.05, 0.1) is 20.3 Å². The smallest absolute Gasteiger partial charge is 0.156 e. The molecule has 16 heavy (non-hydrogen) atoms. The average molecular weight is 293 g/mol. The molecule has 0 aliphatic carbocycles. The predicted octanol–water partition coefficient (Wildman–Crippen LogP) is 3.11. The number of ether oxygens (including phenoxy) is 3. The summed E-state index contributed by atoms with van der Waals surface area (Å²) in [6, 6.07) is 0. The van der Waals surface area contributed by atoms with Gasteiger partial charge in [0.25, 0.3) is 0 Å². The summed E-state index contributed by atoms with van der Waals surface area (Å²) in [6.07, 6.45) is 1.67. The average Bonchev–Trinajstić information content (AvgIpc) is 2.26. The van der Waals surface area contributed by atoms with Gasteiger partial charge in [0.15, 0.2) is 5.76 Å². The molecule has 0 atom stereocenters. The van der Waals surface area contributed by atoms with Crippen molar-refractivity contribution in [2.45, 2.75) is 13.8 Å². The van der Waals surface area contributed by atoms with Gasteiger partial charge in [0, 0.05) is 11.2 Å². The van der Waals surface area contributed by atoms with Gasteiger partial charge in [-0.15, -0.1) is 0 Å². The Morgan fingerprint density at radius 3 is 2.44 bits per heavy atom. The second-order valence-corrected chi connectivity index (χ2v) is 4.23. The number of methoxy groups -OCH3 is 1. The fourth-order valence-corrected chi connectivity index (χ4v) is 1.45. The second-order valence-electron chi connectivity index (χ2n) is 3.44. The molecule has 3 nitrogen and oxygen atoms in total. The maximum absolute atomic E-state index is 5.55. The van der Waals surface area contributed by atoms with Crippen LogP contribution in [0.1, 0.15) is 13.8 Å². The van der Waals surface area contributed by atoms with Crippen LogP contribution < -0.4 is 0 Å². The maximum Gasteiger partial charge on any atom is 0.156 e.